The molecule has 4 aromatic rings. The van der Waals surface area contributed by atoms with Crippen molar-refractivity contribution in [1.29, 1.82) is 0 Å². The molecule has 0 aliphatic carbocycles. The molecule has 0 saturated heterocycles. The standard InChI is InChI=1S/C24H20N4O5S2/c1-32-21-12-17(8-11-20(21)33-14-16-6-9-18(10-7-16)28(30)31)13-25-27-23(29)15-34-24-26-19-4-2-3-5-22(19)35-24/h2-13H,14-15H2,1H3,(H,27,29)/b25-13-. The van der Waals surface area contributed by atoms with Gasteiger partial charge in [-0.15, -0.1) is 11.3 Å². The highest BCUT2D eigenvalue weighted by molar-refractivity contribution is 8.01. The molecule has 0 bridgehead atoms. The van der Waals surface area contributed by atoms with Gasteiger partial charge in [0.05, 0.1) is 34.2 Å². The van der Waals surface area contributed by atoms with Crippen LogP contribution in [0.15, 0.2) is 76.2 Å². The maximum Gasteiger partial charge on any atom is 0.269 e. The third kappa shape index (κ3) is 6.55. The lowest BCUT2D eigenvalue weighted by Gasteiger charge is -2.11. The lowest BCUT2D eigenvalue weighted by molar-refractivity contribution is -0.384. The Labute approximate surface area is 208 Å². The van der Waals surface area contributed by atoms with Gasteiger partial charge in [0.25, 0.3) is 11.6 Å². The number of thiazole rings is 1. The van der Waals surface area contributed by atoms with Crippen molar-refractivity contribution >= 4 is 51.1 Å². The number of rotatable bonds is 10. The van der Waals surface area contributed by atoms with Gasteiger partial charge in [-0.25, -0.2) is 10.4 Å². The SMILES string of the molecule is COc1cc(/C=N\NC(=O)CSc2nc3ccccc3s2)ccc1OCc1ccc([N+](=O)[O-])cc1. The van der Waals surface area contributed by atoms with E-state index in [0.717, 1.165) is 20.1 Å². The quantitative estimate of drug-likeness (QED) is 0.138. The van der Waals surface area contributed by atoms with Crippen LogP contribution in [0.25, 0.3) is 10.2 Å². The second-order valence-electron chi connectivity index (χ2n) is 7.15. The minimum Gasteiger partial charge on any atom is -0.493 e. The highest BCUT2D eigenvalue weighted by atomic mass is 32.2. The summed E-state index contributed by atoms with van der Waals surface area (Å²) < 4.78 is 13.1. The minimum absolute atomic E-state index is 0.0254. The molecule has 0 aliphatic heterocycles. The van der Waals surface area contributed by atoms with Gasteiger partial charge in [0.15, 0.2) is 15.8 Å². The number of ether oxygens (including phenoxy) is 2. The number of hydrogen-bond acceptors (Lipinski definition) is 9. The molecule has 35 heavy (non-hydrogen) atoms. The van der Waals surface area contributed by atoms with Crippen LogP contribution < -0.4 is 14.9 Å². The number of methoxy groups -OCH3 is 1. The zero-order chi connectivity index (χ0) is 24.6. The molecule has 11 heteroatoms. The average molecular weight is 509 g/mol. The van der Waals surface area contributed by atoms with Crippen LogP contribution >= 0.6 is 23.1 Å². The molecule has 0 saturated carbocycles. The molecule has 1 N–H and O–H groups in total. The van der Waals surface area contributed by atoms with Crippen molar-refractivity contribution in [3.63, 3.8) is 0 Å². The van der Waals surface area contributed by atoms with Gasteiger partial charge >= 0.3 is 0 Å². The van der Waals surface area contributed by atoms with Crippen LogP contribution in [-0.4, -0.2) is 34.9 Å². The molecule has 178 valence electrons. The first-order valence-electron chi connectivity index (χ1n) is 10.4. The molecule has 0 unspecified atom stereocenters. The Morgan fingerprint density at radius 1 is 1.17 bits per heavy atom. The molecule has 1 heterocycles. The summed E-state index contributed by atoms with van der Waals surface area (Å²) in [6, 6.07) is 19.2. The van der Waals surface area contributed by atoms with Gasteiger partial charge in [-0.1, -0.05) is 23.9 Å². The largest absolute Gasteiger partial charge is 0.493 e. The summed E-state index contributed by atoms with van der Waals surface area (Å²) in [7, 11) is 1.52. The molecule has 3 aromatic carbocycles. The van der Waals surface area contributed by atoms with Crippen molar-refractivity contribution in [2.45, 2.75) is 10.9 Å². The Morgan fingerprint density at radius 3 is 2.71 bits per heavy atom. The van der Waals surface area contributed by atoms with Gasteiger partial charge in [-0.2, -0.15) is 5.10 Å². The van der Waals surface area contributed by atoms with E-state index < -0.39 is 4.92 Å². The first-order chi connectivity index (χ1) is 17.0. The van der Waals surface area contributed by atoms with E-state index in [9.17, 15) is 14.9 Å². The third-order valence-electron chi connectivity index (χ3n) is 4.73. The van der Waals surface area contributed by atoms with Crippen molar-refractivity contribution in [3.05, 3.63) is 88.0 Å². The summed E-state index contributed by atoms with van der Waals surface area (Å²) in [4.78, 5) is 26.9. The Bertz CT molecular complexity index is 1340. The topological polar surface area (TPSA) is 116 Å². The molecule has 4 rings (SSSR count). The Kier molecular flexibility index (Phi) is 7.91. The van der Waals surface area contributed by atoms with Crippen LogP contribution in [0.4, 0.5) is 5.69 Å². The maximum atomic E-state index is 12.1. The number of para-hydroxylation sites is 1. The van der Waals surface area contributed by atoms with Crippen LogP contribution in [0.5, 0.6) is 11.5 Å². The predicted octanol–water partition coefficient (Wildman–Crippen LogP) is 5.03. The molecule has 1 amide bonds. The predicted molar refractivity (Wildman–Crippen MR) is 137 cm³/mol. The number of nitrogens with zero attached hydrogens (tertiary/aromatic N) is 3. The molecule has 0 aliphatic rings. The molecule has 0 spiro atoms. The summed E-state index contributed by atoms with van der Waals surface area (Å²) in [6.45, 7) is 0.226. The lowest BCUT2D eigenvalue weighted by atomic mass is 10.2. The number of carbonyl (C=O) groups excluding carboxylic acids is 1. The summed E-state index contributed by atoms with van der Waals surface area (Å²) in [5.74, 6) is 0.976. The monoisotopic (exact) mass is 508 g/mol. The number of hydrogen-bond donors (Lipinski definition) is 1. The number of nitro groups is 1. The fourth-order valence-corrected chi connectivity index (χ4v) is 4.87. The Morgan fingerprint density at radius 2 is 1.97 bits per heavy atom. The number of benzene rings is 3. The van der Waals surface area contributed by atoms with Crippen molar-refractivity contribution < 1.29 is 19.2 Å². The van der Waals surface area contributed by atoms with Crippen LogP contribution in [0.3, 0.4) is 0 Å². The normalized spacial score (nSPS) is 11.0. The highest BCUT2D eigenvalue weighted by Gasteiger charge is 2.09. The zero-order valence-corrected chi connectivity index (χ0v) is 20.2. The number of aromatic nitrogens is 1. The Hall–Kier alpha value is -3.96. The van der Waals surface area contributed by atoms with E-state index in [4.69, 9.17) is 9.47 Å². The van der Waals surface area contributed by atoms with E-state index in [-0.39, 0.29) is 24.0 Å². The molecule has 1 aromatic heterocycles. The van der Waals surface area contributed by atoms with E-state index in [1.165, 1.54) is 37.2 Å². The van der Waals surface area contributed by atoms with Gasteiger partial charge in [0.2, 0.25) is 0 Å². The molecule has 0 radical (unpaired) electrons. The number of non-ortho nitro benzene ring substituents is 1. The molecule has 0 fully saturated rings. The second-order valence-corrected chi connectivity index (χ2v) is 9.40. The third-order valence-corrected chi connectivity index (χ3v) is 6.91. The van der Waals surface area contributed by atoms with E-state index in [2.05, 4.69) is 15.5 Å². The van der Waals surface area contributed by atoms with Gasteiger partial charge in [0, 0.05) is 12.1 Å². The smallest absolute Gasteiger partial charge is 0.269 e. The number of hydrazone groups is 1. The van der Waals surface area contributed by atoms with Gasteiger partial charge < -0.3 is 9.47 Å². The zero-order valence-electron chi connectivity index (χ0n) is 18.5. The summed E-state index contributed by atoms with van der Waals surface area (Å²) in [5.41, 5.74) is 4.96. The maximum absolute atomic E-state index is 12.1. The van der Waals surface area contributed by atoms with E-state index in [0.29, 0.717) is 17.1 Å². The van der Waals surface area contributed by atoms with E-state index in [1.807, 2.05) is 24.3 Å². The van der Waals surface area contributed by atoms with Crippen LogP contribution in [0, 0.1) is 10.1 Å². The molecular weight excluding hydrogens is 488 g/mol. The van der Waals surface area contributed by atoms with Gasteiger partial charge in [-0.05, 0) is 53.6 Å². The summed E-state index contributed by atoms with van der Waals surface area (Å²) >= 11 is 2.92. The molecular formula is C24H20N4O5S2. The number of amides is 1. The highest BCUT2D eigenvalue weighted by Crippen LogP contribution is 2.30. The van der Waals surface area contributed by atoms with Crippen molar-refractivity contribution in [3.8, 4) is 11.5 Å². The van der Waals surface area contributed by atoms with Gasteiger partial charge in [0.1, 0.15) is 6.61 Å². The Balaban J connectivity index is 1.28. The first-order valence-corrected chi connectivity index (χ1v) is 12.2. The number of carbonyl (C=O) groups is 1. The van der Waals surface area contributed by atoms with E-state index in [1.54, 1.807) is 41.7 Å². The minimum atomic E-state index is -0.447. The number of thioether (sulfide) groups is 1. The average Bonchev–Trinajstić information content (AvgIpc) is 3.30. The number of nitro benzene ring substituents is 1. The van der Waals surface area contributed by atoms with Crippen molar-refractivity contribution in [2.75, 3.05) is 12.9 Å². The molecule has 9 nitrogen and oxygen atoms in total. The molecule has 0 atom stereocenters. The van der Waals surface area contributed by atoms with E-state index >= 15 is 0 Å². The van der Waals surface area contributed by atoms with Crippen LogP contribution in [-0.2, 0) is 11.4 Å². The lowest BCUT2D eigenvalue weighted by Crippen LogP contribution is -2.19. The van der Waals surface area contributed by atoms with Crippen LogP contribution in [0.2, 0.25) is 0 Å². The van der Waals surface area contributed by atoms with Crippen molar-refractivity contribution in [2.24, 2.45) is 5.10 Å². The van der Waals surface area contributed by atoms with Crippen LogP contribution in [0.1, 0.15) is 11.1 Å². The van der Waals surface area contributed by atoms with Gasteiger partial charge in [-0.3, -0.25) is 14.9 Å². The fourth-order valence-electron chi connectivity index (χ4n) is 3.01. The summed E-state index contributed by atoms with van der Waals surface area (Å²) in [6.07, 6.45) is 1.52. The summed E-state index contributed by atoms with van der Waals surface area (Å²) in [5, 5.41) is 14.8. The fraction of sp³-hybridized carbons (Fsp3) is 0.125. The second kappa shape index (κ2) is 11.4. The van der Waals surface area contributed by atoms with Crippen molar-refractivity contribution in [1.82, 2.24) is 10.4 Å². The number of fused-ring (bicyclic) bond motifs is 1. The number of nitrogens with one attached hydrogen (secondary N) is 1. The first kappa shape index (κ1) is 24.2.